The molecule has 6 nitrogen and oxygen atoms in total. The molecule has 0 aliphatic rings. The van der Waals surface area contributed by atoms with E-state index in [1.165, 1.54) is 17.8 Å². The van der Waals surface area contributed by atoms with Crippen molar-refractivity contribution < 1.29 is 18.1 Å². The molecule has 154 valence electrons. The lowest BCUT2D eigenvalue weighted by atomic mass is 10.2. The topological polar surface area (TPSA) is 80.9 Å². The predicted molar refractivity (Wildman–Crippen MR) is 113 cm³/mol. The monoisotopic (exact) mass is 464 g/mol. The van der Waals surface area contributed by atoms with E-state index in [1.54, 1.807) is 22.7 Å². The van der Waals surface area contributed by atoms with E-state index in [2.05, 4.69) is 20.4 Å². The summed E-state index contributed by atoms with van der Waals surface area (Å²) in [6.45, 7) is 0. The molecule has 0 fully saturated rings. The molecule has 11 heteroatoms. The maximum atomic E-state index is 13.6. The number of carbonyl (C=O) groups is 1. The predicted octanol–water partition coefficient (Wildman–Crippen LogP) is 5.40. The van der Waals surface area contributed by atoms with Gasteiger partial charge in [0.05, 0.1) is 22.0 Å². The van der Waals surface area contributed by atoms with E-state index in [0.717, 1.165) is 21.0 Å². The number of halogens is 2. The third-order valence-electron chi connectivity index (χ3n) is 3.86. The maximum absolute atomic E-state index is 13.6. The molecule has 1 amide bonds. The second-order valence-electron chi connectivity index (χ2n) is 6.04. The highest BCUT2D eigenvalue weighted by molar-refractivity contribution is 8.00. The van der Waals surface area contributed by atoms with E-state index in [-0.39, 0.29) is 18.5 Å². The summed E-state index contributed by atoms with van der Waals surface area (Å²) >= 11 is 4.71. The van der Waals surface area contributed by atoms with Crippen LogP contribution in [-0.4, -0.2) is 21.0 Å². The minimum Gasteiger partial charge on any atom is -0.339 e. The van der Waals surface area contributed by atoms with Crippen molar-refractivity contribution in [2.45, 2.75) is 22.9 Å². The fraction of sp³-hybridized carbons (Fsp3) is 0.158. The van der Waals surface area contributed by atoms with E-state index in [0.29, 0.717) is 23.5 Å². The summed E-state index contributed by atoms with van der Waals surface area (Å²) in [5.41, 5.74) is 0.879. The molecule has 0 saturated carbocycles. The Hall–Kier alpha value is -2.63. The maximum Gasteiger partial charge on any atom is 0.227 e. The first-order valence-electron chi connectivity index (χ1n) is 8.75. The van der Waals surface area contributed by atoms with Crippen LogP contribution in [0.2, 0.25) is 0 Å². The van der Waals surface area contributed by atoms with Crippen molar-refractivity contribution >= 4 is 46.0 Å². The number of hydrogen-bond acceptors (Lipinski definition) is 8. The number of thiazole rings is 1. The first-order chi connectivity index (χ1) is 14.6. The molecule has 4 aromatic rings. The third kappa shape index (κ3) is 5.29. The van der Waals surface area contributed by atoms with Gasteiger partial charge < -0.3 is 9.84 Å². The number of rotatable bonds is 8. The van der Waals surface area contributed by atoms with Crippen LogP contribution >= 0.6 is 34.4 Å². The molecule has 0 saturated heterocycles. The van der Waals surface area contributed by atoms with Crippen LogP contribution in [-0.2, 0) is 17.0 Å². The highest BCUT2D eigenvalue weighted by Crippen LogP contribution is 2.31. The van der Waals surface area contributed by atoms with Crippen LogP contribution in [0.15, 0.2) is 50.0 Å². The smallest absolute Gasteiger partial charge is 0.227 e. The summed E-state index contributed by atoms with van der Waals surface area (Å²) in [5.74, 6) is -0.648. The number of amides is 1. The summed E-state index contributed by atoms with van der Waals surface area (Å²) in [6, 6.07) is 6.98. The van der Waals surface area contributed by atoms with Gasteiger partial charge in [0.15, 0.2) is 10.2 Å². The van der Waals surface area contributed by atoms with E-state index >= 15 is 0 Å². The van der Waals surface area contributed by atoms with E-state index in [1.807, 2.05) is 22.9 Å². The lowest BCUT2D eigenvalue weighted by Crippen LogP contribution is -2.13. The molecule has 3 heterocycles. The van der Waals surface area contributed by atoms with Crippen molar-refractivity contribution in [2.75, 3.05) is 5.32 Å². The summed E-state index contributed by atoms with van der Waals surface area (Å²) in [7, 11) is 0. The van der Waals surface area contributed by atoms with Crippen molar-refractivity contribution in [1.82, 2.24) is 15.1 Å². The molecule has 3 aromatic heterocycles. The molecular formula is C19H14F2N4O2S3. The van der Waals surface area contributed by atoms with E-state index in [9.17, 15) is 13.6 Å². The van der Waals surface area contributed by atoms with Gasteiger partial charge in [0.2, 0.25) is 11.8 Å². The molecule has 1 aromatic carbocycles. The Bertz CT molecular complexity index is 1140. The normalized spacial score (nSPS) is 11.0. The number of nitrogens with zero attached hydrogens (tertiary/aromatic N) is 3. The van der Waals surface area contributed by atoms with Gasteiger partial charge in [-0.3, -0.25) is 4.79 Å². The van der Waals surface area contributed by atoms with Gasteiger partial charge in [-0.15, -0.1) is 22.7 Å². The molecule has 0 radical (unpaired) electrons. The molecule has 0 atom stereocenters. The zero-order valence-corrected chi connectivity index (χ0v) is 17.8. The van der Waals surface area contributed by atoms with Gasteiger partial charge in [-0.05, 0) is 23.6 Å². The Labute approximate surface area is 182 Å². The van der Waals surface area contributed by atoms with Gasteiger partial charge in [0.25, 0.3) is 0 Å². The Balaban J connectivity index is 1.25. The first kappa shape index (κ1) is 20.6. The molecule has 1 N–H and O–H groups in total. The molecular weight excluding hydrogens is 450 g/mol. The second-order valence-corrected chi connectivity index (χ2v) is 9.07. The Morgan fingerprint density at radius 1 is 1.20 bits per heavy atom. The van der Waals surface area contributed by atoms with Crippen LogP contribution in [0.4, 0.5) is 14.5 Å². The number of thiophene rings is 1. The van der Waals surface area contributed by atoms with Crippen LogP contribution in [0.1, 0.15) is 18.1 Å². The largest absolute Gasteiger partial charge is 0.339 e. The number of nitrogens with one attached hydrogen (secondary N) is 1. The van der Waals surface area contributed by atoms with Gasteiger partial charge >= 0.3 is 0 Å². The first-order valence-corrected chi connectivity index (χ1v) is 11.5. The highest BCUT2D eigenvalue weighted by atomic mass is 32.2. The Morgan fingerprint density at radius 3 is 2.90 bits per heavy atom. The zero-order chi connectivity index (χ0) is 20.9. The summed E-state index contributed by atoms with van der Waals surface area (Å²) in [5, 5.41) is 10.3. The summed E-state index contributed by atoms with van der Waals surface area (Å²) in [6.07, 6.45) is 0.244. The van der Waals surface area contributed by atoms with Crippen LogP contribution in [0, 0.1) is 11.6 Å². The molecule has 0 bridgehead atoms. The SMILES string of the molecule is O=C(CCc1nc(CSc2nc(-c3cccs3)cs2)no1)Nc1ccc(F)cc1F. The Kier molecular flexibility index (Phi) is 6.50. The van der Waals surface area contributed by atoms with Gasteiger partial charge in [0, 0.05) is 24.3 Å². The fourth-order valence-corrected chi connectivity index (χ4v) is 4.89. The van der Waals surface area contributed by atoms with Gasteiger partial charge in [-0.25, -0.2) is 13.8 Å². The molecule has 30 heavy (non-hydrogen) atoms. The van der Waals surface area contributed by atoms with Crippen molar-refractivity contribution in [3.05, 3.63) is 64.4 Å². The number of benzene rings is 1. The summed E-state index contributed by atoms with van der Waals surface area (Å²) in [4.78, 5) is 21.9. The molecule has 0 spiro atoms. The molecule has 4 rings (SSSR count). The van der Waals surface area contributed by atoms with E-state index in [4.69, 9.17) is 4.52 Å². The van der Waals surface area contributed by atoms with Crippen LogP contribution < -0.4 is 5.32 Å². The molecule has 0 unspecified atom stereocenters. The highest BCUT2D eigenvalue weighted by Gasteiger charge is 2.13. The minimum absolute atomic E-state index is 0.0300. The number of aromatic nitrogens is 3. The number of aryl methyl sites for hydroxylation is 1. The molecule has 0 aliphatic carbocycles. The number of anilines is 1. The standard InChI is InChI=1S/C19H14F2N4O2S3/c20-11-3-4-13(12(21)8-11)22-17(26)5-6-18-24-16(25-27-18)10-30-19-23-14(9-29-19)15-2-1-7-28-15/h1-4,7-9H,5-6,10H2,(H,22,26). The fourth-order valence-electron chi connectivity index (χ4n) is 2.46. The number of hydrogen-bond donors (Lipinski definition) is 1. The number of thioether (sulfide) groups is 1. The van der Waals surface area contributed by atoms with E-state index < -0.39 is 17.5 Å². The summed E-state index contributed by atoms with van der Waals surface area (Å²) < 4.78 is 32.6. The average molecular weight is 465 g/mol. The molecule has 0 aliphatic heterocycles. The number of carbonyl (C=O) groups excluding carboxylic acids is 1. The third-order valence-corrected chi connectivity index (χ3v) is 6.77. The zero-order valence-electron chi connectivity index (χ0n) is 15.3. The van der Waals surface area contributed by atoms with Crippen LogP contribution in [0.5, 0.6) is 0 Å². The quantitative estimate of drug-likeness (QED) is 0.352. The van der Waals surface area contributed by atoms with Crippen molar-refractivity contribution in [2.24, 2.45) is 0 Å². The van der Waals surface area contributed by atoms with Crippen LogP contribution in [0.3, 0.4) is 0 Å². The lowest BCUT2D eigenvalue weighted by molar-refractivity contribution is -0.116. The minimum atomic E-state index is -0.829. The lowest BCUT2D eigenvalue weighted by Gasteiger charge is -2.05. The second kappa shape index (κ2) is 9.45. The van der Waals surface area contributed by atoms with Crippen molar-refractivity contribution in [1.29, 1.82) is 0 Å². The Morgan fingerprint density at radius 2 is 2.10 bits per heavy atom. The van der Waals surface area contributed by atoms with Crippen LogP contribution in [0.25, 0.3) is 10.6 Å². The van der Waals surface area contributed by atoms with Gasteiger partial charge in [-0.1, -0.05) is 23.0 Å². The van der Waals surface area contributed by atoms with Gasteiger partial charge in [0.1, 0.15) is 11.6 Å². The van der Waals surface area contributed by atoms with Crippen molar-refractivity contribution in [3.63, 3.8) is 0 Å². The average Bonchev–Trinajstić information content (AvgIpc) is 3.48. The van der Waals surface area contributed by atoms with Gasteiger partial charge in [-0.2, -0.15) is 4.98 Å². The van der Waals surface area contributed by atoms with Crippen molar-refractivity contribution in [3.8, 4) is 10.6 Å².